The number of carbonyl (C=O) groups excluding carboxylic acids is 3. The van der Waals surface area contributed by atoms with Crippen molar-refractivity contribution < 1.29 is 29.1 Å². The smallest absolute Gasteiger partial charge is 0.436 e. The van der Waals surface area contributed by atoms with Crippen LogP contribution in [0.15, 0.2) is 97.1 Å². The predicted octanol–water partition coefficient (Wildman–Crippen LogP) is 5.06. The minimum atomic E-state index is -1.04. The van der Waals surface area contributed by atoms with Gasteiger partial charge in [-0.2, -0.15) is 5.06 Å². The van der Waals surface area contributed by atoms with Gasteiger partial charge in [-0.1, -0.05) is 84.9 Å². The third-order valence-electron chi connectivity index (χ3n) is 8.29. The summed E-state index contributed by atoms with van der Waals surface area (Å²) in [5.41, 5.74) is 2.47. The Kier molecular flexibility index (Phi) is 8.21. The molecule has 3 atom stereocenters. The van der Waals surface area contributed by atoms with Gasteiger partial charge >= 0.3 is 6.09 Å². The maximum absolute atomic E-state index is 14.1. The molecule has 9 heteroatoms. The summed E-state index contributed by atoms with van der Waals surface area (Å²) in [4.78, 5) is 51.3. The lowest BCUT2D eigenvalue weighted by molar-refractivity contribution is -0.267. The third-order valence-corrected chi connectivity index (χ3v) is 8.29. The van der Waals surface area contributed by atoms with Crippen LogP contribution in [0, 0.1) is 0 Å². The van der Waals surface area contributed by atoms with Gasteiger partial charge in [0.15, 0.2) is 12.3 Å². The first-order valence-corrected chi connectivity index (χ1v) is 14.8. The maximum atomic E-state index is 14.1. The van der Waals surface area contributed by atoms with E-state index in [0.29, 0.717) is 0 Å². The number of benzene rings is 4. The lowest BCUT2D eigenvalue weighted by atomic mass is 9.96. The molecule has 4 aromatic carbocycles. The molecule has 226 valence electrons. The van der Waals surface area contributed by atoms with E-state index in [1.807, 2.05) is 86.6 Å². The Morgan fingerprint density at radius 2 is 1.55 bits per heavy atom. The van der Waals surface area contributed by atoms with Gasteiger partial charge in [0.2, 0.25) is 5.91 Å². The Labute approximate surface area is 256 Å². The van der Waals surface area contributed by atoms with Crippen LogP contribution in [0.2, 0.25) is 0 Å². The zero-order chi connectivity index (χ0) is 30.8. The second-order valence-electron chi connectivity index (χ2n) is 11.5. The predicted molar refractivity (Wildman–Crippen MR) is 164 cm³/mol. The number of ether oxygens (including phenoxy) is 1. The number of piperazine rings is 1. The highest BCUT2D eigenvalue weighted by Crippen LogP contribution is 2.32. The summed E-state index contributed by atoms with van der Waals surface area (Å²) in [6.45, 7) is 3.89. The molecule has 0 unspecified atom stereocenters. The molecule has 6 rings (SSSR count). The number of carbonyl (C=O) groups is 3. The highest BCUT2D eigenvalue weighted by atomic mass is 16.7. The molecule has 0 radical (unpaired) electrons. The first-order valence-electron chi connectivity index (χ1n) is 14.8. The summed E-state index contributed by atoms with van der Waals surface area (Å²) >= 11 is 0. The van der Waals surface area contributed by atoms with Gasteiger partial charge in [0, 0.05) is 18.9 Å². The topological polar surface area (TPSA) is 99.6 Å². The molecule has 0 spiro atoms. The lowest BCUT2D eigenvalue weighted by Crippen LogP contribution is -2.74. The average Bonchev–Trinajstić information content (AvgIpc) is 3.03. The molecule has 0 aromatic heterocycles. The molecule has 2 saturated heterocycles. The van der Waals surface area contributed by atoms with E-state index < -0.39 is 24.4 Å². The first kappa shape index (κ1) is 29.2. The summed E-state index contributed by atoms with van der Waals surface area (Å²) in [5, 5.41) is 13.0. The van der Waals surface area contributed by atoms with E-state index in [-0.39, 0.29) is 49.6 Å². The molecule has 0 aliphatic carbocycles. The zero-order valence-electron chi connectivity index (χ0n) is 24.7. The van der Waals surface area contributed by atoms with Crippen molar-refractivity contribution in [1.29, 1.82) is 0 Å². The molecule has 2 aliphatic rings. The number of rotatable bonds is 7. The van der Waals surface area contributed by atoms with Crippen LogP contribution in [0.25, 0.3) is 10.8 Å². The molecule has 3 amide bonds. The van der Waals surface area contributed by atoms with E-state index in [0.717, 1.165) is 32.5 Å². The summed E-state index contributed by atoms with van der Waals surface area (Å²) in [6.07, 6.45) is -2.25. The van der Waals surface area contributed by atoms with Gasteiger partial charge in [0.1, 0.15) is 18.4 Å². The van der Waals surface area contributed by atoms with Crippen molar-refractivity contribution in [2.24, 2.45) is 0 Å². The zero-order valence-corrected chi connectivity index (χ0v) is 24.7. The number of hydrogen-bond donors (Lipinski definition) is 1. The van der Waals surface area contributed by atoms with Crippen molar-refractivity contribution in [3.8, 4) is 5.75 Å². The fourth-order valence-corrected chi connectivity index (χ4v) is 6.02. The number of hydroxylamine groups is 2. The van der Waals surface area contributed by atoms with Crippen LogP contribution >= 0.6 is 0 Å². The monoisotopic (exact) mass is 593 g/mol. The standard InChI is InChI=1S/C35H35N3O6/c1-23(2)36-21-32-37(30(33(36)40)19-25-15-17-28(39)18-16-25)34(41)31(20-24-9-4-3-5-10-24)44-38(32)35(42)43-22-27-13-8-12-26-11-6-7-14-29(26)27/h3-18,23,30-32,39H,19-22H2,1-2H3/t30-,31-,32-/m0/s1. The number of nitrogens with zero attached hydrogens (tertiary/aromatic N) is 3. The molecular weight excluding hydrogens is 558 g/mol. The highest BCUT2D eigenvalue weighted by Gasteiger charge is 2.53. The molecule has 2 heterocycles. The van der Waals surface area contributed by atoms with E-state index >= 15 is 0 Å². The Balaban J connectivity index is 1.34. The number of phenols is 1. The van der Waals surface area contributed by atoms with Crippen LogP contribution < -0.4 is 0 Å². The maximum Gasteiger partial charge on any atom is 0.436 e. The number of amides is 3. The van der Waals surface area contributed by atoms with Crippen molar-refractivity contribution >= 4 is 28.7 Å². The van der Waals surface area contributed by atoms with Crippen molar-refractivity contribution in [3.05, 3.63) is 114 Å². The average molecular weight is 594 g/mol. The SMILES string of the molecule is CC(C)N1C[C@@H]2N(C(=O)OCc3cccc4ccccc34)O[C@@H](Cc3ccccc3)C(=O)N2[C@@H](Cc2ccc(O)cc2)C1=O. The second-order valence-corrected chi connectivity index (χ2v) is 11.5. The van der Waals surface area contributed by atoms with E-state index in [2.05, 4.69) is 0 Å². The molecule has 2 fully saturated rings. The van der Waals surface area contributed by atoms with Crippen LogP contribution in [-0.4, -0.2) is 68.8 Å². The fourth-order valence-electron chi connectivity index (χ4n) is 6.02. The Bertz CT molecular complexity index is 1650. The minimum absolute atomic E-state index is 0.00777. The quantitative estimate of drug-likeness (QED) is 0.322. The van der Waals surface area contributed by atoms with Gasteiger partial charge in [-0.3, -0.25) is 14.4 Å². The van der Waals surface area contributed by atoms with Crippen LogP contribution in [0.4, 0.5) is 4.79 Å². The highest BCUT2D eigenvalue weighted by molar-refractivity contribution is 5.92. The number of phenolic OH excluding ortho intramolecular Hbond substituents is 1. The van der Waals surface area contributed by atoms with Crippen molar-refractivity contribution in [2.45, 2.75) is 57.6 Å². The Morgan fingerprint density at radius 3 is 2.30 bits per heavy atom. The van der Waals surface area contributed by atoms with Gasteiger partial charge in [-0.15, -0.1) is 0 Å². The molecule has 2 aliphatic heterocycles. The molecule has 4 aromatic rings. The largest absolute Gasteiger partial charge is 0.508 e. The molecular formula is C35H35N3O6. The Hall–Kier alpha value is -4.89. The molecule has 1 N–H and O–H groups in total. The third kappa shape index (κ3) is 5.83. The fraction of sp³-hybridized carbons (Fsp3) is 0.286. The van der Waals surface area contributed by atoms with Crippen molar-refractivity contribution in [2.75, 3.05) is 6.54 Å². The normalized spacial score (nSPS) is 20.2. The van der Waals surface area contributed by atoms with Gasteiger partial charge in [-0.25, -0.2) is 4.79 Å². The van der Waals surface area contributed by atoms with Gasteiger partial charge in [-0.05, 0) is 53.4 Å². The summed E-state index contributed by atoms with van der Waals surface area (Å²) in [6, 6.07) is 28.6. The first-order chi connectivity index (χ1) is 21.3. The number of aromatic hydroxyl groups is 1. The second kappa shape index (κ2) is 12.4. The number of hydrogen-bond acceptors (Lipinski definition) is 6. The van der Waals surface area contributed by atoms with Crippen molar-refractivity contribution in [3.63, 3.8) is 0 Å². The Morgan fingerprint density at radius 1 is 0.864 bits per heavy atom. The van der Waals surface area contributed by atoms with Crippen LogP contribution in [0.1, 0.15) is 30.5 Å². The van der Waals surface area contributed by atoms with Crippen LogP contribution in [-0.2, 0) is 38.6 Å². The van der Waals surface area contributed by atoms with Crippen LogP contribution in [0.3, 0.4) is 0 Å². The van der Waals surface area contributed by atoms with E-state index in [1.54, 1.807) is 29.2 Å². The van der Waals surface area contributed by atoms with Crippen LogP contribution in [0.5, 0.6) is 5.75 Å². The summed E-state index contributed by atoms with van der Waals surface area (Å²) in [7, 11) is 0. The summed E-state index contributed by atoms with van der Waals surface area (Å²) in [5.74, 6) is -0.463. The lowest BCUT2D eigenvalue weighted by Gasteiger charge is -2.53. The van der Waals surface area contributed by atoms with E-state index in [1.165, 1.54) is 4.90 Å². The van der Waals surface area contributed by atoms with Gasteiger partial charge in [0.25, 0.3) is 5.91 Å². The van der Waals surface area contributed by atoms with E-state index in [4.69, 9.17) is 9.57 Å². The molecule has 9 nitrogen and oxygen atoms in total. The molecule has 0 saturated carbocycles. The van der Waals surface area contributed by atoms with Gasteiger partial charge in [0.05, 0.1) is 6.54 Å². The van der Waals surface area contributed by atoms with Gasteiger partial charge < -0.3 is 19.6 Å². The molecule has 0 bridgehead atoms. The van der Waals surface area contributed by atoms with E-state index in [9.17, 15) is 19.5 Å². The van der Waals surface area contributed by atoms with Crippen molar-refractivity contribution in [1.82, 2.24) is 14.9 Å². The number of fused-ring (bicyclic) bond motifs is 2. The molecule has 44 heavy (non-hydrogen) atoms. The summed E-state index contributed by atoms with van der Waals surface area (Å²) < 4.78 is 5.84. The minimum Gasteiger partial charge on any atom is -0.508 e.